The molecule has 0 aliphatic rings. The van der Waals surface area contributed by atoms with E-state index in [1.54, 1.807) is 0 Å². The van der Waals surface area contributed by atoms with Crippen molar-refractivity contribution in [2.24, 2.45) is 11.5 Å². The molecule has 0 saturated carbocycles. The summed E-state index contributed by atoms with van der Waals surface area (Å²) in [5.74, 6) is -1.14. The van der Waals surface area contributed by atoms with E-state index in [2.05, 4.69) is 19.2 Å². The number of carboxylic acids is 1. The number of nitrogens with two attached hydrogens (primary N) is 2. The first-order chi connectivity index (χ1) is 11.2. The minimum Gasteiger partial charge on any atom is -0.480 e. The highest BCUT2D eigenvalue weighted by atomic mass is 31.2. The van der Waals surface area contributed by atoms with E-state index in [0.717, 1.165) is 13.1 Å². The lowest BCUT2D eigenvalue weighted by molar-refractivity contribution is -0.135. The van der Waals surface area contributed by atoms with E-state index < -0.39 is 26.4 Å². The van der Waals surface area contributed by atoms with Crippen LogP contribution in [0.2, 0.25) is 0 Å². The molecule has 0 rings (SSSR count). The van der Waals surface area contributed by atoms with Crippen molar-refractivity contribution in [3.05, 3.63) is 0 Å². The lowest BCUT2D eigenvalue weighted by atomic mass is 10.2. The van der Waals surface area contributed by atoms with Gasteiger partial charge >= 0.3 is 13.6 Å². The zero-order valence-corrected chi connectivity index (χ0v) is 16.1. The third-order valence-electron chi connectivity index (χ3n) is 2.71. The molecule has 0 spiro atoms. The number of aliphatic carboxylic acids is 1. The van der Waals surface area contributed by atoms with Gasteiger partial charge in [-0.1, -0.05) is 52.4 Å². The van der Waals surface area contributed by atoms with Gasteiger partial charge in [0, 0.05) is 0 Å². The van der Waals surface area contributed by atoms with E-state index in [4.69, 9.17) is 26.4 Å². The molecule has 8 nitrogen and oxygen atoms in total. The van der Waals surface area contributed by atoms with Crippen molar-refractivity contribution < 1.29 is 24.3 Å². The Hall–Kier alpha value is -0.500. The molecular formula is C15H38N3O5P. The van der Waals surface area contributed by atoms with Gasteiger partial charge in [0.15, 0.2) is 0 Å². The van der Waals surface area contributed by atoms with Crippen LogP contribution >= 0.6 is 7.60 Å². The molecule has 8 N–H and O–H groups in total. The molecule has 148 valence electrons. The lowest BCUT2D eigenvalue weighted by Gasteiger charge is -2.02. The summed E-state index contributed by atoms with van der Waals surface area (Å²) in [5.41, 5.74) is 10.5. The molecule has 0 atom stereocenters. The van der Waals surface area contributed by atoms with E-state index in [1.807, 2.05) is 0 Å². The largest absolute Gasteiger partial charge is 0.480 e. The van der Waals surface area contributed by atoms with Gasteiger partial charge in [0.25, 0.3) is 0 Å². The Labute approximate surface area is 146 Å². The quantitative estimate of drug-likeness (QED) is 0.224. The maximum absolute atomic E-state index is 10.1. The van der Waals surface area contributed by atoms with Crippen molar-refractivity contribution in [1.29, 1.82) is 0 Å². The fourth-order valence-corrected chi connectivity index (χ4v) is 1.85. The van der Waals surface area contributed by atoms with Gasteiger partial charge in [-0.05, 0) is 25.9 Å². The summed E-state index contributed by atoms with van der Waals surface area (Å²) in [6.07, 6.45) is 9.73. The highest BCUT2D eigenvalue weighted by Gasteiger charge is 2.11. The summed E-state index contributed by atoms with van der Waals surface area (Å²) in [6, 6.07) is 0. The minimum atomic E-state index is -4.10. The molecule has 0 aromatic carbocycles. The van der Waals surface area contributed by atoms with Crippen LogP contribution in [-0.4, -0.2) is 46.8 Å². The predicted molar refractivity (Wildman–Crippen MR) is 98.9 cm³/mol. The zero-order chi connectivity index (χ0) is 19.3. The molecule has 0 unspecified atom stereocenters. The van der Waals surface area contributed by atoms with E-state index in [0.29, 0.717) is 0 Å². The minimum absolute atomic E-state index is 0.439. The molecule has 24 heavy (non-hydrogen) atoms. The molecule has 0 bridgehead atoms. The number of carbonyl (C=O) groups is 1. The highest BCUT2D eigenvalue weighted by molar-refractivity contribution is 7.51. The van der Waals surface area contributed by atoms with Crippen LogP contribution in [0.25, 0.3) is 0 Å². The molecule has 0 heterocycles. The standard InChI is InChI=1S/2C6H15N.C3H8NO5P/c2*1-2-3-4-5-6-7;5-3(6)1-4-2-10(7,8)9/h2*2-7H2,1H3;4H,1-2H2,(H,5,6)(H2,7,8,9). The SMILES string of the molecule is CCCCCCN.CCCCCCN.O=C(O)CNCP(=O)(O)O. The van der Waals surface area contributed by atoms with Crippen molar-refractivity contribution in [2.45, 2.75) is 65.2 Å². The number of nitrogens with one attached hydrogen (secondary N) is 1. The van der Waals surface area contributed by atoms with Gasteiger partial charge in [-0.25, -0.2) is 0 Å². The van der Waals surface area contributed by atoms with Gasteiger partial charge in [0.2, 0.25) is 0 Å². The maximum Gasteiger partial charge on any atom is 0.339 e. The van der Waals surface area contributed by atoms with Crippen LogP contribution in [0.3, 0.4) is 0 Å². The number of carboxylic acid groups (broad SMARTS) is 1. The molecule has 0 saturated heterocycles. The first kappa shape index (κ1) is 28.3. The normalized spacial score (nSPS) is 10.2. The second kappa shape index (κ2) is 22.5. The molecule has 0 aromatic heterocycles. The first-order valence-corrected chi connectivity index (χ1v) is 10.4. The highest BCUT2D eigenvalue weighted by Crippen LogP contribution is 2.31. The number of unbranched alkanes of at least 4 members (excludes halogenated alkanes) is 6. The maximum atomic E-state index is 10.1. The van der Waals surface area contributed by atoms with Crippen molar-refractivity contribution in [3.63, 3.8) is 0 Å². The summed E-state index contributed by atoms with van der Waals surface area (Å²) in [7, 11) is -4.10. The Kier molecular flexibility index (Phi) is 26.5. The van der Waals surface area contributed by atoms with Crippen molar-refractivity contribution in [2.75, 3.05) is 25.9 Å². The Morgan fingerprint density at radius 3 is 1.58 bits per heavy atom. The van der Waals surface area contributed by atoms with Crippen molar-refractivity contribution in [3.8, 4) is 0 Å². The molecule has 0 aromatic rings. The molecular weight excluding hydrogens is 333 g/mol. The van der Waals surface area contributed by atoms with Gasteiger partial charge in [-0.15, -0.1) is 0 Å². The fourth-order valence-electron chi connectivity index (χ4n) is 1.45. The van der Waals surface area contributed by atoms with Crippen LogP contribution in [-0.2, 0) is 9.36 Å². The topological polar surface area (TPSA) is 159 Å². The molecule has 0 radical (unpaired) electrons. The van der Waals surface area contributed by atoms with Crippen LogP contribution in [0.4, 0.5) is 0 Å². The summed E-state index contributed by atoms with van der Waals surface area (Å²) < 4.78 is 10.1. The Balaban J connectivity index is -0.000000283. The van der Waals surface area contributed by atoms with E-state index in [-0.39, 0.29) is 0 Å². The second-order valence-electron chi connectivity index (χ2n) is 5.34. The number of hydrogen-bond acceptors (Lipinski definition) is 5. The van der Waals surface area contributed by atoms with Gasteiger partial charge in [-0.2, -0.15) is 0 Å². The summed E-state index contributed by atoms with van der Waals surface area (Å²) in [5, 5.41) is 10.1. The summed E-state index contributed by atoms with van der Waals surface area (Å²) in [4.78, 5) is 26.1. The van der Waals surface area contributed by atoms with Gasteiger partial charge < -0.3 is 26.4 Å². The van der Waals surface area contributed by atoms with Gasteiger partial charge in [0.1, 0.15) is 0 Å². The predicted octanol–water partition coefficient (Wildman–Crippen LogP) is 1.85. The molecule has 0 fully saturated rings. The van der Waals surface area contributed by atoms with Crippen LogP contribution in [0, 0.1) is 0 Å². The van der Waals surface area contributed by atoms with Crippen LogP contribution < -0.4 is 16.8 Å². The van der Waals surface area contributed by atoms with Crippen LogP contribution in [0.15, 0.2) is 0 Å². The Morgan fingerprint density at radius 2 is 1.33 bits per heavy atom. The molecule has 0 aliphatic carbocycles. The van der Waals surface area contributed by atoms with E-state index in [9.17, 15) is 9.36 Å². The number of rotatable bonds is 12. The zero-order valence-electron chi connectivity index (χ0n) is 15.2. The fraction of sp³-hybridized carbons (Fsp3) is 0.933. The lowest BCUT2D eigenvalue weighted by Crippen LogP contribution is -2.23. The van der Waals surface area contributed by atoms with Crippen LogP contribution in [0.5, 0.6) is 0 Å². The van der Waals surface area contributed by atoms with Gasteiger partial charge in [0.05, 0.1) is 12.8 Å². The Bertz CT molecular complexity index is 283. The summed E-state index contributed by atoms with van der Waals surface area (Å²) in [6.45, 7) is 5.69. The first-order valence-electron chi connectivity index (χ1n) is 8.62. The summed E-state index contributed by atoms with van der Waals surface area (Å²) >= 11 is 0. The third kappa shape index (κ3) is 43.0. The molecule has 0 aliphatic heterocycles. The average molecular weight is 371 g/mol. The molecule has 0 amide bonds. The van der Waals surface area contributed by atoms with Gasteiger partial charge in [-0.3, -0.25) is 14.7 Å². The molecule has 9 heteroatoms. The van der Waals surface area contributed by atoms with Crippen molar-refractivity contribution >= 4 is 13.6 Å². The third-order valence-corrected chi connectivity index (χ3v) is 3.34. The second-order valence-corrected chi connectivity index (χ2v) is 6.99. The number of hydrogen-bond donors (Lipinski definition) is 6. The average Bonchev–Trinajstić information content (AvgIpc) is 2.48. The van der Waals surface area contributed by atoms with Crippen molar-refractivity contribution in [1.82, 2.24) is 5.32 Å². The Morgan fingerprint density at radius 1 is 0.917 bits per heavy atom. The van der Waals surface area contributed by atoms with E-state index >= 15 is 0 Å². The van der Waals surface area contributed by atoms with E-state index in [1.165, 1.54) is 51.4 Å². The monoisotopic (exact) mass is 371 g/mol. The van der Waals surface area contributed by atoms with Crippen LogP contribution in [0.1, 0.15) is 65.2 Å². The smallest absolute Gasteiger partial charge is 0.339 e.